The molecule has 0 aliphatic heterocycles. The summed E-state index contributed by atoms with van der Waals surface area (Å²) < 4.78 is 0. The first-order valence-corrected chi connectivity index (χ1v) is 6.70. The fraction of sp³-hybridized carbons (Fsp3) is 0.571. The zero-order chi connectivity index (χ0) is 13.0. The van der Waals surface area contributed by atoms with Crippen LogP contribution >= 0.6 is 0 Å². The molecule has 0 unspecified atom stereocenters. The Labute approximate surface area is 108 Å². The molecule has 0 amide bonds. The van der Waals surface area contributed by atoms with Crippen LogP contribution in [0.4, 0.5) is 11.4 Å². The third-order valence-electron chi connectivity index (χ3n) is 3.87. The van der Waals surface area contributed by atoms with Gasteiger partial charge in [0, 0.05) is 23.9 Å². The smallest absolute Gasteiger partial charge is 0.269 e. The van der Waals surface area contributed by atoms with E-state index in [-0.39, 0.29) is 10.6 Å². The van der Waals surface area contributed by atoms with Crippen LogP contribution in [-0.2, 0) is 0 Å². The molecule has 0 radical (unpaired) electrons. The van der Waals surface area contributed by atoms with Crippen molar-refractivity contribution in [2.24, 2.45) is 5.92 Å². The Morgan fingerprint density at radius 2 is 1.83 bits per heavy atom. The summed E-state index contributed by atoms with van der Waals surface area (Å²) >= 11 is 0. The van der Waals surface area contributed by atoms with E-state index in [2.05, 4.69) is 12.2 Å². The first kappa shape index (κ1) is 12.9. The molecule has 1 saturated carbocycles. The average molecular weight is 248 g/mol. The van der Waals surface area contributed by atoms with Gasteiger partial charge in [-0.15, -0.1) is 0 Å². The maximum absolute atomic E-state index is 10.6. The highest BCUT2D eigenvalue weighted by atomic mass is 16.6. The largest absolute Gasteiger partial charge is 0.382 e. The Morgan fingerprint density at radius 3 is 2.33 bits per heavy atom. The van der Waals surface area contributed by atoms with Gasteiger partial charge in [0.1, 0.15) is 0 Å². The normalized spacial score (nSPS) is 23.6. The molecule has 98 valence electrons. The maximum Gasteiger partial charge on any atom is 0.269 e. The van der Waals surface area contributed by atoms with Gasteiger partial charge >= 0.3 is 0 Å². The molecule has 2 rings (SSSR count). The molecule has 4 nitrogen and oxygen atoms in total. The minimum atomic E-state index is -0.365. The minimum absolute atomic E-state index is 0.148. The van der Waals surface area contributed by atoms with Crippen LogP contribution in [0.2, 0.25) is 0 Å². The second-order valence-corrected chi connectivity index (χ2v) is 5.07. The number of hydrogen-bond donors (Lipinski definition) is 1. The van der Waals surface area contributed by atoms with E-state index >= 15 is 0 Å². The zero-order valence-electron chi connectivity index (χ0n) is 10.8. The van der Waals surface area contributed by atoms with Crippen LogP contribution in [0.25, 0.3) is 0 Å². The molecule has 1 N–H and O–H groups in total. The molecule has 1 aliphatic carbocycles. The van der Waals surface area contributed by atoms with Crippen molar-refractivity contribution in [2.75, 3.05) is 5.32 Å². The predicted octanol–water partition coefficient (Wildman–Crippen LogP) is 3.98. The van der Waals surface area contributed by atoms with E-state index in [1.165, 1.54) is 32.1 Å². The van der Waals surface area contributed by atoms with E-state index in [0.29, 0.717) is 6.04 Å². The van der Waals surface area contributed by atoms with Crippen molar-refractivity contribution in [3.05, 3.63) is 34.4 Å². The highest BCUT2D eigenvalue weighted by molar-refractivity contribution is 5.49. The molecule has 1 aliphatic rings. The van der Waals surface area contributed by atoms with Crippen LogP contribution in [0, 0.1) is 16.0 Å². The second-order valence-electron chi connectivity index (χ2n) is 5.07. The molecular formula is C14H20N2O2. The van der Waals surface area contributed by atoms with Crippen LogP contribution < -0.4 is 5.32 Å². The summed E-state index contributed by atoms with van der Waals surface area (Å²) in [6.45, 7) is 2.26. The average Bonchev–Trinajstić information content (AvgIpc) is 2.40. The lowest BCUT2D eigenvalue weighted by molar-refractivity contribution is -0.384. The van der Waals surface area contributed by atoms with Gasteiger partial charge < -0.3 is 5.32 Å². The first-order valence-electron chi connectivity index (χ1n) is 6.70. The van der Waals surface area contributed by atoms with Crippen molar-refractivity contribution in [1.82, 2.24) is 0 Å². The molecule has 0 bridgehead atoms. The number of hydrogen-bond acceptors (Lipinski definition) is 3. The maximum atomic E-state index is 10.6. The molecular weight excluding hydrogens is 228 g/mol. The summed E-state index contributed by atoms with van der Waals surface area (Å²) in [5.41, 5.74) is 1.13. The Balaban J connectivity index is 1.88. The number of nitro groups is 1. The molecule has 0 heterocycles. The van der Waals surface area contributed by atoms with Crippen LogP contribution in [0.3, 0.4) is 0 Å². The highest BCUT2D eigenvalue weighted by Crippen LogP contribution is 2.28. The van der Waals surface area contributed by atoms with E-state index in [1.54, 1.807) is 24.3 Å². The molecule has 0 atom stereocenters. The molecule has 1 aromatic carbocycles. The predicted molar refractivity (Wildman–Crippen MR) is 72.8 cm³/mol. The number of nitrogens with zero attached hydrogens (tertiary/aromatic N) is 1. The van der Waals surface area contributed by atoms with Crippen LogP contribution in [0.1, 0.15) is 39.0 Å². The van der Waals surface area contributed by atoms with Gasteiger partial charge in [-0.3, -0.25) is 10.1 Å². The van der Waals surface area contributed by atoms with E-state index < -0.39 is 0 Å². The topological polar surface area (TPSA) is 55.2 Å². The molecule has 0 spiro atoms. The lowest BCUT2D eigenvalue weighted by Crippen LogP contribution is -2.25. The van der Waals surface area contributed by atoms with E-state index in [4.69, 9.17) is 0 Å². The van der Waals surface area contributed by atoms with Gasteiger partial charge in [0.05, 0.1) is 4.92 Å². The SMILES string of the molecule is CCC1CCC(Nc2ccc([N+](=O)[O-])cc2)CC1. The van der Waals surface area contributed by atoms with Crippen molar-refractivity contribution >= 4 is 11.4 Å². The number of rotatable bonds is 4. The number of non-ortho nitro benzene ring substituents is 1. The van der Waals surface area contributed by atoms with Crippen molar-refractivity contribution in [1.29, 1.82) is 0 Å². The van der Waals surface area contributed by atoms with Crippen LogP contribution in [0.15, 0.2) is 24.3 Å². The Morgan fingerprint density at radius 1 is 1.22 bits per heavy atom. The van der Waals surface area contributed by atoms with Gasteiger partial charge in [-0.05, 0) is 43.7 Å². The summed E-state index contributed by atoms with van der Waals surface area (Å²) in [7, 11) is 0. The van der Waals surface area contributed by atoms with Crippen LogP contribution in [0.5, 0.6) is 0 Å². The fourth-order valence-electron chi connectivity index (χ4n) is 2.63. The summed E-state index contributed by atoms with van der Waals surface area (Å²) in [4.78, 5) is 10.2. The van der Waals surface area contributed by atoms with Crippen molar-refractivity contribution in [3.8, 4) is 0 Å². The van der Waals surface area contributed by atoms with E-state index in [0.717, 1.165) is 11.6 Å². The van der Waals surface area contributed by atoms with Gasteiger partial charge in [-0.2, -0.15) is 0 Å². The van der Waals surface area contributed by atoms with Crippen molar-refractivity contribution in [3.63, 3.8) is 0 Å². The summed E-state index contributed by atoms with van der Waals surface area (Å²) in [5.74, 6) is 0.889. The van der Waals surface area contributed by atoms with E-state index in [9.17, 15) is 10.1 Å². The fourth-order valence-corrected chi connectivity index (χ4v) is 2.63. The Hall–Kier alpha value is -1.58. The van der Waals surface area contributed by atoms with E-state index in [1.807, 2.05) is 0 Å². The van der Waals surface area contributed by atoms with Gasteiger partial charge in [0.15, 0.2) is 0 Å². The standard InChI is InChI=1S/C14H20N2O2/c1-2-11-3-5-12(6-4-11)15-13-7-9-14(10-8-13)16(17)18/h7-12,15H,2-6H2,1H3. The van der Waals surface area contributed by atoms with Gasteiger partial charge in [-0.25, -0.2) is 0 Å². The second kappa shape index (κ2) is 5.85. The molecule has 0 saturated heterocycles. The lowest BCUT2D eigenvalue weighted by Gasteiger charge is -2.29. The molecule has 4 heteroatoms. The molecule has 0 aromatic heterocycles. The Kier molecular flexibility index (Phi) is 4.18. The lowest BCUT2D eigenvalue weighted by atomic mass is 9.84. The third kappa shape index (κ3) is 3.22. The summed E-state index contributed by atoms with van der Waals surface area (Å²) in [6, 6.07) is 7.22. The zero-order valence-corrected chi connectivity index (χ0v) is 10.8. The van der Waals surface area contributed by atoms with Gasteiger partial charge in [-0.1, -0.05) is 13.3 Å². The molecule has 1 aromatic rings. The van der Waals surface area contributed by atoms with Gasteiger partial charge in [0.2, 0.25) is 0 Å². The number of nitro benzene ring substituents is 1. The number of benzene rings is 1. The summed E-state index contributed by atoms with van der Waals surface area (Å²) in [6.07, 6.45) is 6.28. The van der Waals surface area contributed by atoms with Gasteiger partial charge in [0.25, 0.3) is 5.69 Å². The monoisotopic (exact) mass is 248 g/mol. The number of nitrogens with one attached hydrogen (secondary N) is 1. The third-order valence-corrected chi connectivity index (χ3v) is 3.87. The molecule has 1 fully saturated rings. The molecule has 18 heavy (non-hydrogen) atoms. The van der Waals surface area contributed by atoms with Crippen molar-refractivity contribution < 1.29 is 4.92 Å². The first-order chi connectivity index (χ1) is 8.69. The van der Waals surface area contributed by atoms with Crippen LogP contribution in [-0.4, -0.2) is 11.0 Å². The minimum Gasteiger partial charge on any atom is -0.382 e. The quantitative estimate of drug-likeness (QED) is 0.647. The van der Waals surface area contributed by atoms with Crippen molar-refractivity contribution in [2.45, 2.75) is 45.1 Å². The highest BCUT2D eigenvalue weighted by Gasteiger charge is 2.19. The Bertz CT molecular complexity index is 395. The summed E-state index contributed by atoms with van der Waals surface area (Å²) in [5, 5.41) is 14.0. The number of anilines is 1.